The van der Waals surface area contributed by atoms with E-state index in [-0.39, 0.29) is 0 Å². The minimum atomic E-state index is -0.622. The second-order valence-electron chi connectivity index (χ2n) is 4.89. The summed E-state index contributed by atoms with van der Waals surface area (Å²) in [6.07, 6.45) is 6.50. The third-order valence-corrected chi connectivity index (χ3v) is 3.99. The van der Waals surface area contributed by atoms with Crippen LogP contribution in [0.25, 0.3) is 0 Å². The van der Waals surface area contributed by atoms with Crippen LogP contribution < -0.4 is 5.32 Å². The Balaban J connectivity index is 1.77. The highest BCUT2D eigenvalue weighted by Crippen LogP contribution is 2.26. The molecule has 2 rings (SSSR count). The van der Waals surface area contributed by atoms with Crippen LogP contribution in [0.2, 0.25) is 10.0 Å². The van der Waals surface area contributed by atoms with Crippen molar-refractivity contribution in [3.8, 4) is 0 Å². The van der Waals surface area contributed by atoms with E-state index in [2.05, 4.69) is 11.4 Å². The summed E-state index contributed by atoms with van der Waals surface area (Å²) in [5, 5.41) is 14.5. The Morgan fingerprint density at radius 2 is 2.16 bits per heavy atom. The lowest BCUT2D eigenvalue weighted by atomic mass is 10.1. The van der Waals surface area contributed by atoms with E-state index in [0.717, 1.165) is 13.0 Å². The molecule has 104 valence electrons. The van der Waals surface area contributed by atoms with Crippen molar-refractivity contribution in [2.45, 2.75) is 31.8 Å². The van der Waals surface area contributed by atoms with Crippen molar-refractivity contribution in [3.05, 3.63) is 45.5 Å². The molecule has 0 amide bonds. The number of rotatable bonds is 6. The maximum absolute atomic E-state index is 10.1. The molecule has 1 aliphatic rings. The Bertz CT molecular complexity index is 459. The van der Waals surface area contributed by atoms with Crippen molar-refractivity contribution in [1.82, 2.24) is 5.32 Å². The lowest BCUT2D eigenvalue weighted by Crippen LogP contribution is -2.23. The molecule has 0 radical (unpaired) electrons. The van der Waals surface area contributed by atoms with Gasteiger partial charge in [0.05, 0.1) is 6.10 Å². The summed E-state index contributed by atoms with van der Waals surface area (Å²) in [5.74, 6) is 0. The van der Waals surface area contributed by atoms with Crippen molar-refractivity contribution in [2.75, 3.05) is 13.1 Å². The highest BCUT2D eigenvalue weighted by Gasteiger charge is 2.12. The standard InChI is InChI=1S/C15H19Cl2NO/c16-12-5-6-14(17)13(9-12)15(19)10-18-8-7-11-3-1-2-4-11/h3,5-6,9,15,18-19H,1-2,4,7-8,10H2. The maximum Gasteiger partial charge on any atom is 0.0929 e. The number of aliphatic hydroxyl groups excluding tert-OH is 1. The zero-order valence-corrected chi connectivity index (χ0v) is 12.3. The largest absolute Gasteiger partial charge is 0.387 e. The van der Waals surface area contributed by atoms with Crippen LogP contribution in [0, 0.1) is 0 Å². The van der Waals surface area contributed by atoms with Gasteiger partial charge in [-0.05, 0) is 50.4 Å². The molecular formula is C15H19Cl2NO. The number of aliphatic hydroxyl groups is 1. The van der Waals surface area contributed by atoms with Crippen LogP contribution in [0.1, 0.15) is 37.4 Å². The van der Waals surface area contributed by atoms with Crippen LogP contribution >= 0.6 is 23.2 Å². The summed E-state index contributed by atoms with van der Waals surface area (Å²) in [7, 11) is 0. The molecule has 0 aromatic heterocycles. The normalized spacial score (nSPS) is 16.5. The van der Waals surface area contributed by atoms with Gasteiger partial charge in [0.1, 0.15) is 0 Å². The molecule has 1 unspecified atom stereocenters. The number of nitrogens with one attached hydrogen (secondary N) is 1. The van der Waals surface area contributed by atoms with Crippen molar-refractivity contribution in [2.24, 2.45) is 0 Å². The van der Waals surface area contributed by atoms with E-state index in [1.54, 1.807) is 18.2 Å². The molecule has 19 heavy (non-hydrogen) atoms. The van der Waals surface area contributed by atoms with Crippen molar-refractivity contribution in [3.63, 3.8) is 0 Å². The Kier molecular flexibility index (Phi) is 5.71. The van der Waals surface area contributed by atoms with E-state index in [1.165, 1.54) is 24.8 Å². The molecule has 1 aromatic rings. The molecule has 1 aromatic carbocycles. The minimum Gasteiger partial charge on any atom is -0.387 e. The molecule has 1 aliphatic carbocycles. The Morgan fingerprint density at radius 3 is 2.89 bits per heavy atom. The fourth-order valence-electron chi connectivity index (χ4n) is 2.33. The summed E-state index contributed by atoms with van der Waals surface area (Å²) in [5.41, 5.74) is 2.21. The Hall–Kier alpha value is -0.540. The average molecular weight is 300 g/mol. The van der Waals surface area contributed by atoms with Crippen LogP contribution in [0.5, 0.6) is 0 Å². The first-order valence-corrected chi connectivity index (χ1v) is 7.44. The van der Waals surface area contributed by atoms with Gasteiger partial charge in [0.15, 0.2) is 0 Å². The molecule has 0 aliphatic heterocycles. The van der Waals surface area contributed by atoms with Crippen LogP contribution in [0.3, 0.4) is 0 Å². The van der Waals surface area contributed by atoms with Crippen LogP contribution in [0.4, 0.5) is 0 Å². The van der Waals surface area contributed by atoms with Crippen LogP contribution in [0.15, 0.2) is 29.8 Å². The molecule has 0 heterocycles. The molecule has 1 atom stereocenters. The van der Waals surface area contributed by atoms with Crippen LogP contribution in [-0.2, 0) is 0 Å². The maximum atomic E-state index is 10.1. The predicted octanol–water partition coefficient (Wildman–Crippen LogP) is 4.12. The van der Waals surface area contributed by atoms with Crippen LogP contribution in [-0.4, -0.2) is 18.2 Å². The Labute approximate surface area is 124 Å². The van der Waals surface area contributed by atoms with Gasteiger partial charge in [-0.2, -0.15) is 0 Å². The quantitative estimate of drug-likeness (QED) is 0.612. The summed E-state index contributed by atoms with van der Waals surface area (Å²) >= 11 is 12.0. The lowest BCUT2D eigenvalue weighted by molar-refractivity contribution is 0.175. The van der Waals surface area contributed by atoms with Gasteiger partial charge in [-0.25, -0.2) is 0 Å². The van der Waals surface area contributed by atoms with Crippen molar-refractivity contribution in [1.29, 1.82) is 0 Å². The Morgan fingerprint density at radius 1 is 1.32 bits per heavy atom. The van der Waals surface area contributed by atoms with Gasteiger partial charge in [-0.3, -0.25) is 0 Å². The topological polar surface area (TPSA) is 32.3 Å². The highest BCUT2D eigenvalue weighted by atomic mass is 35.5. The molecule has 2 nitrogen and oxygen atoms in total. The molecule has 0 spiro atoms. The number of hydrogen-bond donors (Lipinski definition) is 2. The predicted molar refractivity (Wildman–Crippen MR) is 80.8 cm³/mol. The van der Waals surface area contributed by atoms with Crippen molar-refractivity contribution < 1.29 is 5.11 Å². The SMILES string of the molecule is OC(CNCCC1=CCCC1)c1cc(Cl)ccc1Cl. The molecule has 0 saturated heterocycles. The van der Waals surface area contributed by atoms with Gasteiger partial charge < -0.3 is 10.4 Å². The molecule has 2 N–H and O–H groups in total. The van der Waals surface area contributed by atoms with Crippen molar-refractivity contribution >= 4 is 23.2 Å². The van der Waals surface area contributed by atoms with Gasteiger partial charge in [0.2, 0.25) is 0 Å². The smallest absolute Gasteiger partial charge is 0.0929 e. The zero-order valence-electron chi connectivity index (χ0n) is 10.8. The van der Waals surface area contributed by atoms with E-state index < -0.39 is 6.10 Å². The number of hydrogen-bond acceptors (Lipinski definition) is 2. The number of halogens is 2. The summed E-state index contributed by atoms with van der Waals surface area (Å²) in [6, 6.07) is 5.15. The first-order valence-electron chi connectivity index (χ1n) is 6.68. The van der Waals surface area contributed by atoms with E-state index in [0.29, 0.717) is 22.2 Å². The van der Waals surface area contributed by atoms with Gasteiger partial charge >= 0.3 is 0 Å². The third kappa shape index (κ3) is 4.50. The fraction of sp³-hybridized carbons (Fsp3) is 0.467. The summed E-state index contributed by atoms with van der Waals surface area (Å²) < 4.78 is 0. The average Bonchev–Trinajstić information content (AvgIpc) is 2.90. The molecule has 0 saturated carbocycles. The van der Waals surface area contributed by atoms with Gasteiger partial charge in [-0.1, -0.05) is 34.9 Å². The number of benzene rings is 1. The molecule has 4 heteroatoms. The lowest BCUT2D eigenvalue weighted by Gasteiger charge is -2.14. The van der Waals surface area contributed by atoms with E-state index >= 15 is 0 Å². The number of allylic oxidation sites excluding steroid dienone is 1. The van der Waals surface area contributed by atoms with E-state index in [9.17, 15) is 5.11 Å². The molecule has 0 fully saturated rings. The third-order valence-electron chi connectivity index (χ3n) is 3.41. The zero-order chi connectivity index (χ0) is 13.7. The molecule has 0 bridgehead atoms. The molecular weight excluding hydrogens is 281 g/mol. The highest BCUT2D eigenvalue weighted by molar-refractivity contribution is 6.33. The van der Waals surface area contributed by atoms with Gasteiger partial charge in [0.25, 0.3) is 0 Å². The van der Waals surface area contributed by atoms with E-state index in [1.807, 2.05) is 0 Å². The second-order valence-corrected chi connectivity index (χ2v) is 5.73. The first kappa shape index (κ1) is 14.9. The first-order chi connectivity index (χ1) is 9.16. The summed E-state index contributed by atoms with van der Waals surface area (Å²) in [6.45, 7) is 1.38. The second kappa shape index (κ2) is 7.30. The van der Waals surface area contributed by atoms with E-state index in [4.69, 9.17) is 23.2 Å². The fourth-order valence-corrected chi connectivity index (χ4v) is 2.76. The monoisotopic (exact) mass is 299 g/mol. The minimum absolute atomic E-state index is 0.493. The van der Waals surface area contributed by atoms with Gasteiger partial charge in [0, 0.05) is 22.2 Å². The summed E-state index contributed by atoms with van der Waals surface area (Å²) in [4.78, 5) is 0. The van der Waals surface area contributed by atoms with Gasteiger partial charge in [-0.15, -0.1) is 0 Å².